The van der Waals surface area contributed by atoms with Crippen LogP contribution in [0.2, 0.25) is 0 Å². The fraction of sp³-hybridized carbons (Fsp3) is 0.786. The van der Waals surface area contributed by atoms with Crippen molar-refractivity contribution in [3.8, 4) is 0 Å². The Bertz CT molecular complexity index is 426. The van der Waals surface area contributed by atoms with Crippen LogP contribution in [0, 0.1) is 0 Å². The number of ether oxygens (including phenoxy) is 1. The van der Waals surface area contributed by atoms with Crippen molar-refractivity contribution >= 4 is 16.5 Å². The van der Waals surface area contributed by atoms with Gasteiger partial charge in [-0.15, -0.1) is 0 Å². The summed E-state index contributed by atoms with van der Waals surface area (Å²) in [5.74, 6) is 0. The molecule has 2 rings (SSSR count). The second-order valence-electron chi connectivity index (χ2n) is 6.16. The molecule has 4 nitrogen and oxygen atoms in total. The van der Waals surface area contributed by atoms with Gasteiger partial charge in [0.05, 0.1) is 23.3 Å². The third-order valence-electron chi connectivity index (χ3n) is 3.26. The van der Waals surface area contributed by atoms with Crippen LogP contribution in [0.1, 0.15) is 44.7 Å². The van der Waals surface area contributed by atoms with Crippen molar-refractivity contribution in [2.75, 3.05) is 24.6 Å². The lowest BCUT2D eigenvalue weighted by atomic mass is 9.91. The fourth-order valence-corrected chi connectivity index (χ4v) is 3.50. The van der Waals surface area contributed by atoms with Crippen molar-refractivity contribution in [3.63, 3.8) is 0 Å². The number of aromatic nitrogens is 1. The Morgan fingerprint density at radius 3 is 2.79 bits per heavy atom. The molecular formula is C14H24N2O2S. The molecule has 1 atom stereocenters. The average Bonchev–Trinajstić information content (AvgIpc) is 2.66. The van der Waals surface area contributed by atoms with Crippen molar-refractivity contribution in [2.45, 2.75) is 52.2 Å². The topological polar surface area (TPSA) is 45.6 Å². The highest BCUT2D eigenvalue weighted by atomic mass is 32.1. The lowest BCUT2D eigenvalue weighted by Gasteiger charge is -2.21. The zero-order chi connectivity index (χ0) is 14.0. The number of hydrogen-bond donors (Lipinski definition) is 1. The standard InChI is InChI=1S/C14H24N2O2S/c1-10-8-16(6-5-7-18-10)13-15-12(14(2,3)4)11(9-17)19-13/h10,17H,5-9H2,1-4H3. The average molecular weight is 284 g/mol. The number of aliphatic hydroxyl groups is 1. The Morgan fingerprint density at radius 2 is 2.21 bits per heavy atom. The van der Waals surface area contributed by atoms with Crippen LogP contribution in [-0.2, 0) is 16.8 Å². The summed E-state index contributed by atoms with van der Waals surface area (Å²) in [5, 5.41) is 10.5. The number of aliphatic hydroxyl groups excluding tert-OH is 1. The lowest BCUT2D eigenvalue weighted by molar-refractivity contribution is 0.0821. The Hall–Kier alpha value is -0.650. The van der Waals surface area contributed by atoms with Gasteiger partial charge in [-0.25, -0.2) is 4.98 Å². The molecule has 0 amide bonds. The van der Waals surface area contributed by atoms with Crippen molar-refractivity contribution in [3.05, 3.63) is 10.6 Å². The van der Waals surface area contributed by atoms with Gasteiger partial charge in [-0.3, -0.25) is 0 Å². The molecule has 1 aromatic heterocycles. The molecule has 0 aromatic carbocycles. The monoisotopic (exact) mass is 284 g/mol. The van der Waals surface area contributed by atoms with E-state index in [1.54, 1.807) is 11.3 Å². The summed E-state index contributed by atoms with van der Waals surface area (Å²) in [6.45, 7) is 11.3. The molecule has 1 aromatic rings. The summed E-state index contributed by atoms with van der Waals surface area (Å²) in [7, 11) is 0. The SMILES string of the molecule is CC1CN(c2nc(C(C)(C)C)c(CO)s2)CCCO1. The van der Waals surface area contributed by atoms with Crippen LogP contribution < -0.4 is 4.90 Å². The highest BCUT2D eigenvalue weighted by Gasteiger charge is 2.26. The highest BCUT2D eigenvalue weighted by molar-refractivity contribution is 7.15. The first kappa shape index (κ1) is 14.8. The predicted octanol–water partition coefficient (Wildman–Crippen LogP) is 2.55. The molecule has 1 fully saturated rings. The van der Waals surface area contributed by atoms with Gasteiger partial charge < -0.3 is 14.7 Å². The number of nitrogens with zero attached hydrogens (tertiary/aromatic N) is 2. The van der Waals surface area contributed by atoms with Crippen LogP contribution in [-0.4, -0.2) is 35.9 Å². The molecule has 108 valence electrons. The molecule has 1 N–H and O–H groups in total. The minimum Gasteiger partial charge on any atom is -0.391 e. The second-order valence-corrected chi connectivity index (χ2v) is 7.22. The quantitative estimate of drug-likeness (QED) is 0.906. The van der Waals surface area contributed by atoms with E-state index in [1.807, 2.05) is 0 Å². The van der Waals surface area contributed by atoms with E-state index >= 15 is 0 Å². The predicted molar refractivity (Wildman–Crippen MR) is 79.0 cm³/mol. The third-order valence-corrected chi connectivity index (χ3v) is 4.36. The minimum absolute atomic E-state index is 0.0270. The largest absolute Gasteiger partial charge is 0.391 e. The molecular weight excluding hydrogens is 260 g/mol. The second kappa shape index (κ2) is 5.77. The fourth-order valence-electron chi connectivity index (χ4n) is 2.34. The first-order valence-electron chi connectivity index (χ1n) is 6.89. The van der Waals surface area contributed by atoms with Gasteiger partial charge in [-0.2, -0.15) is 0 Å². The number of hydrogen-bond acceptors (Lipinski definition) is 5. The number of anilines is 1. The Kier molecular flexibility index (Phi) is 4.48. The third kappa shape index (κ3) is 3.46. The normalized spacial score (nSPS) is 21.5. The van der Waals surface area contributed by atoms with Gasteiger partial charge in [0.2, 0.25) is 0 Å². The Balaban J connectivity index is 2.27. The minimum atomic E-state index is -0.0270. The van der Waals surface area contributed by atoms with Crippen LogP contribution in [0.4, 0.5) is 5.13 Å². The van der Waals surface area contributed by atoms with Crippen molar-refractivity contribution in [1.29, 1.82) is 0 Å². The van der Waals surface area contributed by atoms with Gasteiger partial charge >= 0.3 is 0 Å². The van der Waals surface area contributed by atoms with Crippen LogP contribution >= 0.6 is 11.3 Å². The number of rotatable bonds is 2. The summed E-state index contributed by atoms with van der Waals surface area (Å²) in [4.78, 5) is 8.06. The molecule has 0 radical (unpaired) electrons. The molecule has 1 aliphatic heterocycles. The van der Waals surface area contributed by atoms with Crippen molar-refractivity contribution < 1.29 is 9.84 Å². The molecule has 19 heavy (non-hydrogen) atoms. The van der Waals surface area contributed by atoms with Gasteiger partial charge in [0, 0.05) is 25.1 Å². The maximum absolute atomic E-state index is 9.53. The maximum atomic E-state index is 9.53. The summed E-state index contributed by atoms with van der Waals surface area (Å²) >= 11 is 1.61. The van der Waals surface area contributed by atoms with E-state index < -0.39 is 0 Å². The molecule has 2 heterocycles. The van der Waals surface area contributed by atoms with Gasteiger partial charge in [-0.1, -0.05) is 32.1 Å². The van der Waals surface area contributed by atoms with E-state index in [4.69, 9.17) is 9.72 Å². The molecule has 0 saturated carbocycles. The van der Waals surface area contributed by atoms with E-state index in [0.717, 1.165) is 41.8 Å². The van der Waals surface area contributed by atoms with E-state index in [1.165, 1.54) is 0 Å². The van der Waals surface area contributed by atoms with Crippen LogP contribution in [0.3, 0.4) is 0 Å². The molecule has 1 saturated heterocycles. The van der Waals surface area contributed by atoms with Gasteiger partial charge in [0.25, 0.3) is 0 Å². The summed E-state index contributed by atoms with van der Waals surface area (Å²) in [5.41, 5.74) is 0.994. The maximum Gasteiger partial charge on any atom is 0.185 e. The lowest BCUT2D eigenvalue weighted by Crippen LogP contribution is -2.30. The van der Waals surface area contributed by atoms with E-state index in [-0.39, 0.29) is 18.1 Å². The van der Waals surface area contributed by atoms with Gasteiger partial charge in [0.1, 0.15) is 0 Å². The van der Waals surface area contributed by atoms with Crippen molar-refractivity contribution in [1.82, 2.24) is 4.98 Å². The van der Waals surface area contributed by atoms with E-state index in [0.29, 0.717) is 0 Å². The number of thiazole rings is 1. The van der Waals surface area contributed by atoms with Crippen LogP contribution in [0.5, 0.6) is 0 Å². The van der Waals surface area contributed by atoms with Gasteiger partial charge in [-0.05, 0) is 13.3 Å². The zero-order valence-corrected chi connectivity index (χ0v) is 13.1. The first-order valence-corrected chi connectivity index (χ1v) is 7.71. The highest BCUT2D eigenvalue weighted by Crippen LogP contribution is 2.34. The van der Waals surface area contributed by atoms with E-state index in [2.05, 4.69) is 32.6 Å². The Labute approximate surface area is 119 Å². The Morgan fingerprint density at radius 1 is 1.47 bits per heavy atom. The van der Waals surface area contributed by atoms with Crippen molar-refractivity contribution in [2.24, 2.45) is 0 Å². The molecule has 1 unspecified atom stereocenters. The van der Waals surface area contributed by atoms with Crippen LogP contribution in [0.25, 0.3) is 0 Å². The molecule has 5 heteroatoms. The van der Waals surface area contributed by atoms with Gasteiger partial charge in [0.15, 0.2) is 5.13 Å². The van der Waals surface area contributed by atoms with Crippen LogP contribution in [0.15, 0.2) is 0 Å². The summed E-state index contributed by atoms with van der Waals surface area (Å²) < 4.78 is 5.67. The summed E-state index contributed by atoms with van der Waals surface area (Å²) in [6.07, 6.45) is 1.27. The van der Waals surface area contributed by atoms with E-state index in [9.17, 15) is 5.11 Å². The zero-order valence-electron chi connectivity index (χ0n) is 12.3. The smallest absolute Gasteiger partial charge is 0.185 e. The molecule has 0 spiro atoms. The summed E-state index contributed by atoms with van der Waals surface area (Å²) in [6, 6.07) is 0. The molecule has 1 aliphatic rings. The first-order chi connectivity index (χ1) is 8.91. The molecule has 0 aliphatic carbocycles. The molecule has 0 bridgehead atoms.